The van der Waals surface area contributed by atoms with Gasteiger partial charge in [-0.3, -0.25) is 5.10 Å². The Balaban J connectivity index is 1.94. The number of piperidine rings is 1. The van der Waals surface area contributed by atoms with E-state index in [0.717, 1.165) is 32.5 Å². The number of sulfonamides is 1. The summed E-state index contributed by atoms with van der Waals surface area (Å²) in [5.74, 6) is 0. The predicted molar refractivity (Wildman–Crippen MR) is 64.0 cm³/mol. The topological polar surface area (TPSA) is 78.1 Å². The summed E-state index contributed by atoms with van der Waals surface area (Å²) >= 11 is 0. The van der Waals surface area contributed by atoms with Gasteiger partial charge >= 0.3 is 0 Å². The number of aromatic amines is 1. The van der Waals surface area contributed by atoms with E-state index in [-0.39, 0.29) is 11.1 Å². The highest BCUT2D eigenvalue weighted by molar-refractivity contribution is 7.89. The largest absolute Gasteiger partial charge is 0.303 e. The van der Waals surface area contributed by atoms with Crippen LogP contribution in [0.25, 0.3) is 0 Å². The van der Waals surface area contributed by atoms with Crippen molar-refractivity contribution in [3.63, 3.8) is 0 Å². The van der Waals surface area contributed by atoms with Crippen LogP contribution in [0.4, 0.5) is 0 Å². The number of rotatable bonds is 4. The molecule has 0 amide bonds. The Hall–Kier alpha value is -0.920. The molecule has 1 aromatic rings. The molecular weight excluding hydrogens is 240 g/mol. The molecule has 0 aliphatic carbocycles. The fourth-order valence-electron chi connectivity index (χ4n) is 2.04. The highest BCUT2D eigenvalue weighted by Crippen LogP contribution is 2.13. The van der Waals surface area contributed by atoms with Crippen molar-refractivity contribution in [2.75, 3.05) is 19.6 Å². The van der Waals surface area contributed by atoms with Gasteiger partial charge in [-0.2, -0.15) is 5.10 Å². The molecule has 0 spiro atoms. The number of hydrogen-bond donors (Lipinski definition) is 2. The molecule has 1 fully saturated rings. The molecule has 17 heavy (non-hydrogen) atoms. The van der Waals surface area contributed by atoms with Gasteiger partial charge in [-0.1, -0.05) is 6.92 Å². The third kappa shape index (κ3) is 3.05. The molecule has 0 saturated carbocycles. The molecule has 96 valence electrons. The third-order valence-corrected chi connectivity index (χ3v) is 4.57. The quantitative estimate of drug-likeness (QED) is 0.807. The second-order valence-electron chi connectivity index (χ2n) is 4.25. The molecule has 0 unspecified atom stereocenters. The summed E-state index contributed by atoms with van der Waals surface area (Å²) in [7, 11) is -3.43. The Morgan fingerprint density at radius 1 is 1.53 bits per heavy atom. The number of nitrogens with zero attached hydrogens (tertiary/aromatic N) is 2. The summed E-state index contributed by atoms with van der Waals surface area (Å²) in [6.07, 6.45) is 3.16. The van der Waals surface area contributed by atoms with Crippen molar-refractivity contribution in [1.29, 1.82) is 0 Å². The number of aromatic nitrogens is 2. The first-order valence-corrected chi connectivity index (χ1v) is 7.34. The van der Waals surface area contributed by atoms with Crippen molar-refractivity contribution in [1.82, 2.24) is 19.8 Å². The van der Waals surface area contributed by atoms with E-state index >= 15 is 0 Å². The van der Waals surface area contributed by atoms with Crippen molar-refractivity contribution < 1.29 is 8.42 Å². The van der Waals surface area contributed by atoms with Crippen LogP contribution in [-0.4, -0.2) is 49.2 Å². The van der Waals surface area contributed by atoms with Crippen LogP contribution in [0.3, 0.4) is 0 Å². The summed E-state index contributed by atoms with van der Waals surface area (Å²) in [5, 5.41) is 6.27. The summed E-state index contributed by atoms with van der Waals surface area (Å²) < 4.78 is 26.5. The van der Waals surface area contributed by atoms with E-state index in [2.05, 4.69) is 26.7 Å². The fourth-order valence-corrected chi connectivity index (χ4v) is 3.26. The molecule has 2 N–H and O–H groups in total. The monoisotopic (exact) mass is 258 g/mol. The van der Waals surface area contributed by atoms with E-state index in [9.17, 15) is 8.42 Å². The van der Waals surface area contributed by atoms with Crippen LogP contribution >= 0.6 is 0 Å². The van der Waals surface area contributed by atoms with Gasteiger partial charge < -0.3 is 4.90 Å². The fraction of sp³-hybridized carbons (Fsp3) is 0.700. The lowest BCUT2D eigenvalue weighted by atomic mass is 10.1. The van der Waals surface area contributed by atoms with E-state index in [4.69, 9.17) is 0 Å². The van der Waals surface area contributed by atoms with Gasteiger partial charge in [0, 0.05) is 6.04 Å². The van der Waals surface area contributed by atoms with Crippen LogP contribution in [0.2, 0.25) is 0 Å². The van der Waals surface area contributed by atoms with Gasteiger partial charge in [-0.05, 0) is 38.5 Å². The molecule has 0 atom stereocenters. The smallest absolute Gasteiger partial charge is 0.257 e. The zero-order valence-electron chi connectivity index (χ0n) is 9.89. The van der Waals surface area contributed by atoms with Gasteiger partial charge in [-0.15, -0.1) is 0 Å². The standard InChI is InChI=1S/C10H18N4O2S/c1-2-14-7-4-9(5-8-14)13-17(15,16)10-3-6-11-12-10/h3,6,9,13H,2,4-5,7-8H2,1H3,(H,11,12). The van der Waals surface area contributed by atoms with Crippen LogP contribution in [-0.2, 0) is 10.0 Å². The Bertz CT molecular complexity index is 435. The van der Waals surface area contributed by atoms with Gasteiger partial charge in [0.1, 0.15) is 0 Å². The molecule has 1 aliphatic heterocycles. The molecule has 0 aromatic carbocycles. The molecule has 7 heteroatoms. The first kappa shape index (κ1) is 12.5. The third-order valence-electron chi connectivity index (χ3n) is 3.12. The molecule has 6 nitrogen and oxygen atoms in total. The van der Waals surface area contributed by atoms with E-state index in [0.29, 0.717) is 0 Å². The molecular formula is C10H18N4O2S. The number of H-pyrrole nitrogens is 1. The molecule has 2 heterocycles. The summed E-state index contributed by atoms with van der Waals surface area (Å²) in [5.41, 5.74) is 0. The lowest BCUT2D eigenvalue weighted by Gasteiger charge is -2.31. The van der Waals surface area contributed by atoms with Crippen LogP contribution in [0.5, 0.6) is 0 Å². The first-order chi connectivity index (χ1) is 8.12. The second kappa shape index (κ2) is 5.16. The van der Waals surface area contributed by atoms with Crippen LogP contribution < -0.4 is 4.72 Å². The van der Waals surface area contributed by atoms with Crippen molar-refractivity contribution in [2.24, 2.45) is 0 Å². The first-order valence-electron chi connectivity index (χ1n) is 5.86. The van der Waals surface area contributed by atoms with Gasteiger partial charge in [0.15, 0.2) is 5.03 Å². The van der Waals surface area contributed by atoms with Crippen molar-refractivity contribution >= 4 is 10.0 Å². The minimum atomic E-state index is -3.43. The Labute approximate surface area is 101 Å². The van der Waals surface area contributed by atoms with E-state index in [1.54, 1.807) is 0 Å². The Kier molecular flexibility index (Phi) is 3.80. The molecule has 1 saturated heterocycles. The molecule has 1 aromatic heterocycles. The average molecular weight is 258 g/mol. The van der Waals surface area contributed by atoms with Gasteiger partial charge in [0.25, 0.3) is 10.0 Å². The van der Waals surface area contributed by atoms with Crippen LogP contribution in [0.1, 0.15) is 19.8 Å². The summed E-state index contributed by atoms with van der Waals surface area (Å²) in [6.45, 7) is 5.05. The van der Waals surface area contributed by atoms with E-state index in [1.165, 1.54) is 12.3 Å². The van der Waals surface area contributed by atoms with Crippen molar-refractivity contribution in [3.8, 4) is 0 Å². The lowest BCUT2D eigenvalue weighted by molar-refractivity contribution is 0.217. The number of hydrogen-bond acceptors (Lipinski definition) is 4. The van der Waals surface area contributed by atoms with Crippen LogP contribution in [0.15, 0.2) is 17.3 Å². The number of nitrogens with one attached hydrogen (secondary N) is 2. The Morgan fingerprint density at radius 2 is 2.24 bits per heavy atom. The maximum Gasteiger partial charge on any atom is 0.257 e. The second-order valence-corrected chi connectivity index (χ2v) is 5.93. The SMILES string of the molecule is CCN1CCC(NS(=O)(=O)c2ccn[nH]2)CC1. The maximum absolute atomic E-state index is 11.9. The van der Waals surface area contributed by atoms with Gasteiger partial charge in [-0.25, -0.2) is 13.1 Å². The molecule has 0 bridgehead atoms. The molecule has 0 radical (unpaired) electrons. The van der Waals surface area contributed by atoms with Crippen molar-refractivity contribution in [3.05, 3.63) is 12.3 Å². The zero-order chi connectivity index (χ0) is 12.3. The highest BCUT2D eigenvalue weighted by Gasteiger charge is 2.24. The van der Waals surface area contributed by atoms with Crippen LogP contribution in [0, 0.1) is 0 Å². The molecule has 1 aliphatic rings. The number of likely N-dealkylation sites (tertiary alicyclic amines) is 1. The van der Waals surface area contributed by atoms with Gasteiger partial charge in [0.2, 0.25) is 0 Å². The Morgan fingerprint density at radius 3 is 2.76 bits per heavy atom. The predicted octanol–water partition coefficient (Wildman–Crippen LogP) is 0.172. The zero-order valence-corrected chi connectivity index (χ0v) is 10.7. The maximum atomic E-state index is 11.9. The van der Waals surface area contributed by atoms with Gasteiger partial charge in [0.05, 0.1) is 6.20 Å². The summed E-state index contributed by atoms with van der Waals surface area (Å²) in [4.78, 5) is 2.32. The molecule has 2 rings (SSSR count). The normalized spacial score (nSPS) is 19.6. The highest BCUT2D eigenvalue weighted by atomic mass is 32.2. The minimum Gasteiger partial charge on any atom is -0.303 e. The van der Waals surface area contributed by atoms with E-state index in [1.807, 2.05) is 0 Å². The van der Waals surface area contributed by atoms with E-state index < -0.39 is 10.0 Å². The average Bonchev–Trinajstić information content (AvgIpc) is 2.84. The van der Waals surface area contributed by atoms with Crippen molar-refractivity contribution in [2.45, 2.75) is 30.8 Å². The summed E-state index contributed by atoms with van der Waals surface area (Å²) in [6, 6.07) is 1.50. The minimum absolute atomic E-state index is 0.0334. The lowest BCUT2D eigenvalue weighted by Crippen LogP contribution is -2.44.